The van der Waals surface area contributed by atoms with Gasteiger partial charge in [-0.3, -0.25) is 4.79 Å². The lowest BCUT2D eigenvalue weighted by Crippen LogP contribution is -2.54. The van der Waals surface area contributed by atoms with Gasteiger partial charge in [0, 0.05) is 18.5 Å². The van der Waals surface area contributed by atoms with Gasteiger partial charge in [-0.25, -0.2) is 4.39 Å². The second-order valence-corrected chi connectivity index (χ2v) is 8.30. The van der Waals surface area contributed by atoms with E-state index in [2.05, 4.69) is 31.7 Å². The maximum Gasteiger partial charge on any atom is 0.260 e. The van der Waals surface area contributed by atoms with Crippen molar-refractivity contribution in [3.8, 4) is 0 Å². The number of carbonyl (C=O) groups excluding carboxylic acids is 1. The van der Waals surface area contributed by atoms with Crippen LogP contribution in [0.3, 0.4) is 0 Å². The zero-order valence-electron chi connectivity index (χ0n) is 15.6. The number of benzene rings is 1. The van der Waals surface area contributed by atoms with E-state index in [1.807, 2.05) is 0 Å². The van der Waals surface area contributed by atoms with Crippen LogP contribution < -0.4 is 0 Å². The van der Waals surface area contributed by atoms with E-state index in [1.54, 1.807) is 11.0 Å². The molecule has 1 atom stereocenters. The van der Waals surface area contributed by atoms with Crippen molar-refractivity contribution in [1.82, 2.24) is 4.90 Å². The Labute approximate surface area is 155 Å². The summed E-state index contributed by atoms with van der Waals surface area (Å²) in [6.07, 6.45) is 6.22. The third kappa shape index (κ3) is 2.79. The van der Waals surface area contributed by atoms with E-state index in [4.69, 9.17) is 4.74 Å². The van der Waals surface area contributed by atoms with E-state index in [-0.39, 0.29) is 17.4 Å². The zero-order valence-corrected chi connectivity index (χ0v) is 15.6. The van der Waals surface area contributed by atoms with Gasteiger partial charge in [0.05, 0.1) is 12.7 Å². The van der Waals surface area contributed by atoms with E-state index in [0.717, 1.165) is 25.7 Å². The maximum atomic E-state index is 14.5. The summed E-state index contributed by atoms with van der Waals surface area (Å²) in [5.74, 6) is -0.277. The van der Waals surface area contributed by atoms with E-state index < -0.39 is 5.67 Å². The average molecular weight is 357 g/mol. The van der Waals surface area contributed by atoms with Gasteiger partial charge >= 0.3 is 0 Å². The number of likely N-dealkylation sites (tertiary alicyclic amines) is 1. The van der Waals surface area contributed by atoms with Crippen LogP contribution in [0.15, 0.2) is 30.9 Å². The average Bonchev–Trinajstić information content (AvgIpc) is 2.91. The molecule has 4 rings (SSSR count). The highest BCUT2D eigenvalue weighted by Gasteiger charge is 2.51. The summed E-state index contributed by atoms with van der Waals surface area (Å²) in [6.45, 7) is 7.71. The lowest BCUT2D eigenvalue weighted by Gasteiger charge is -2.44. The van der Waals surface area contributed by atoms with Crippen molar-refractivity contribution in [3.63, 3.8) is 0 Å². The Kier molecular flexibility index (Phi) is 4.42. The highest BCUT2D eigenvalue weighted by Crippen LogP contribution is 2.52. The number of hydrogen-bond donors (Lipinski definition) is 0. The predicted molar refractivity (Wildman–Crippen MR) is 99.9 cm³/mol. The zero-order chi connectivity index (χ0) is 18.4. The van der Waals surface area contributed by atoms with Gasteiger partial charge in [0.1, 0.15) is 0 Å². The van der Waals surface area contributed by atoms with Crippen LogP contribution in [0.25, 0.3) is 0 Å². The third-order valence-electron chi connectivity index (χ3n) is 6.66. The highest BCUT2D eigenvalue weighted by atomic mass is 19.1. The Balaban J connectivity index is 1.53. The van der Waals surface area contributed by atoms with Gasteiger partial charge in [0.15, 0.2) is 5.67 Å². The number of aryl methyl sites for hydroxylation is 1. The first-order valence-corrected chi connectivity index (χ1v) is 9.79. The standard InChI is InChI=1S/C22H28FNO2/c1-3-13-26-19-15-21(18-14-16(2)5-6-17(18)19)9-11-24(12-10-21)20(25)22(23)7-4-8-22/h3,5-6,14,19H,1,4,7-13,15H2,2H3/t19-/m0/s1. The number of hydrogen-bond acceptors (Lipinski definition) is 2. The number of alkyl halides is 1. The number of piperidine rings is 1. The first-order chi connectivity index (χ1) is 12.5. The number of amides is 1. The fourth-order valence-electron chi connectivity index (χ4n) is 4.91. The normalized spacial score (nSPS) is 25.6. The molecule has 140 valence electrons. The molecule has 2 fully saturated rings. The molecular weight excluding hydrogens is 329 g/mol. The molecule has 3 aliphatic rings. The quantitative estimate of drug-likeness (QED) is 0.748. The van der Waals surface area contributed by atoms with Crippen LogP contribution in [-0.2, 0) is 14.9 Å². The van der Waals surface area contributed by atoms with Gasteiger partial charge in [-0.2, -0.15) is 0 Å². The van der Waals surface area contributed by atoms with E-state index in [1.165, 1.54) is 16.7 Å². The summed E-state index contributed by atoms with van der Waals surface area (Å²) >= 11 is 0. The minimum Gasteiger partial charge on any atom is -0.369 e. The fraction of sp³-hybridized carbons (Fsp3) is 0.591. The molecule has 26 heavy (non-hydrogen) atoms. The molecular formula is C22H28FNO2. The number of carbonyl (C=O) groups is 1. The van der Waals surface area contributed by atoms with Crippen LogP contribution in [0.2, 0.25) is 0 Å². The molecule has 1 heterocycles. The lowest BCUT2D eigenvalue weighted by molar-refractivity contribution is -0.151. The fourth-order valence-corrected chi connectivity index (χ4v) is 4.91. The summed E-state index contributed by atoms with van der Waals surface area (Å²) in [7, 11) is 0. The van der Waals surface area contributed by atoms with Crippen molar-refractivity contribution in [1.29, 1.82) is 0 Å². The first-order valence-electron chi connectivity index (χ1n) is 9.79. The molecule has 1 saturated carbocycles. The smallest absolute Gasteiger partial charge is 0.260 e. The number of halogens is 1. The summed E-state index contributed by atoms with van der Waals surface area (Å²) in [5, 5.41) is 0. The van der Waals surface area contributed by atoms with Gasteiger partial charge in [-0.05, 0) is 56.6 Å². The van der Waals surface area contributed by atoms with Crippen molar-refractivity contribution in [2.75, 3.05) is 19.7 Å². The predicted octanol–water partition coefficient (Wildman–Crippen LogP) is 4.39. The van der Waals surface area contributed by atoms with Gasteiger partial charge in [-0.15, -0.1) is 6.58 Å². The Hall–Kier alpha value is -1.68. The third-order valence-corrected chi connectivity index (χ3v) is 6.66. The van der Waals surface area contributed by atoms with Crippen LogP contribution in [0.4, 0.5) is 4.39 Å². The van der Waals surface area contributed by atoms with Crippen LogP contribution >= 0.6 is 0 Å². The van der Waals surface area contributed by atoms with Crippen molar-refractivity contribution >= 4 is 5.91 Å². The summed E-state index contributed by atoms with van der Waals surface area (Å²) in [6, 6.07) is 6.62. The SMILES string of the molecule is C=CCO[C@H]1CC2(CCN(C(=O)C3(F)CCC3)CC2)c2cc(C)ccc21. The van der Waals surface area contributed by atoms with Gasteiger partial charge < -0.3 is 9.64 Å². The number of rotatable bonds is 4. The molecule has 0 radical (unpaired) electrons. The summed E-state index contributed by atoms with van der Waals surface area (Å²) in [5.41, 5.74) is 2.37. The van der Waals surface area contributed by atoms with Crippen molar-refractivity contribution in [3.05, 3.63) is 47.5 Å². The number of ether oxygens (including phenoxy) is 1. The van der Waals surface area contributed by atoms with Gasteiger partial charge in [0.2, 0.25) is 0 Å². The van der Waals surface area contributed by atoms with Gasteiger partial charge in [0.25, 0.3) is 5.91 Å². The van der Waals surface area contributed by atoms with Crippen LogP contribution in [-0.4, -0.2) is 36.2 Å². The monoisotopic (exact) mass is 357 g/mol. The molecule has 1 aliphatic heterocycles. The summed E-state index contributed by atoms with van der Waals surface area (Å²) in [4.78, 5) is 14.3. The molecule has 1 saturated heterocycles. The Morgan fingerprint density at radius 2 is 2.08 bits per heavy atom. The Morgan fingerprint density at radius 3 is 2.69 bits per heavy atom. The van der Waals surface area contributed by atoms with Gasteiger partial charge in [-0.1, -0.05) is 29.8 Å². The van der Waals surface area contributed by atoms with Crippen molar-refractivity contribution in [2.45, 2.75) is 62.6 Å². The highest BCUT2D eigenvalue weighted by molar-refractivity contribution is 5.86. The Morgan fingerprint density at radius 1 is 1.35 bits per heavy atom. The minimum atomic E-state index is -1.58. The van der Waals surface area contributed by atoms with Crippen molar-refractivity contribution in [2.24, 2.45) is 0 Å². The van der Waals surface area contributed by atoms with E-state index >= 15 is 0 Å². The second kappa shape index (κ2) is 6.49. The molecule has 0 aromatic heterocycles. The van der Waals surface area contributed by atoms with E-state index in [0.29, 0.717) is 32.5 Å². The number of nitrogens with zero attached hydrogens (tertiary/aromatic N) is 1. The molecule has 1 aromatic carbocycles. The van der Waals surface area contributed by atoms with Crippen LogP contribution in [0, 0.1) is 6.92 Å². The maximum absolute atomic E-state index is 14.5. The van der Waals surface area contributed by atoms with Crippen LogP contribution in [0.1, 0.15) is 61.3 Å². The van der Waals surface area contributed by atoms with Crippen molar-refractivity contribution < 1.29 is 13.9 Å². The Bertz CT molecular complexity index is 717. The largest absolute Gasteiger partial charge is 0.369 e. The molecule has 0 N–H and O–H groups in total. The molecule has 1 aromatic rings. The molecule has 0 bridgehead atoms. The molecule has 3 nitrogen and oxygen atoms in total. The molecule has 0 unspecified atom stereocenters. The van der Waals surface area contributed by atoms with E-state index in [9.17, 15) is 9.18 Å². The number of fused-ring (bicyclic) bond motifs is 2. The molecule has 4 heteroatoms. The molecule has 1 amide bonds. The first kappa shape index (κ1) is 17.7. The molecule has 2 aliphatic carbocycles. The second-order valence-electron chi connectivity index (χ2n) is 8.30. The van der Waals surface area contributed by atoms with Crippen LogP contribution in [0.5, 0.6) is 0 Å². The lowest BCUT2D eigenvalue weighted by atomic mass is 9.72. The molecule has 1 spiro atoms. The topological polar surface area (TPSA) is 29.5 Å². The summed E-state index contributed by atoms with van der Waals surface area (Å²) < 4.78 is 20.6. The minimum absolute atomic E-state index is 0.0487.